The van der Waals surface area contributed by atoms with Crippen LogP contribution in [0.1, 0.15) is 28.3 Å². The van der Waals surface area contributed by atoms with Gasteiger partial charge in [0, 0.05) is 17.4 Å². The number of aryl methyl sites for hydroxylation is 3. The molecule has 9 nitrogen and oxygen atoms in total. The molecule has 4 rings (SSSR count). The lowest BCUT2D eigenvalue weighted by Gasteiger charge is -2.14. The Balaban J connectivity index is 1.53. The number of methoxy groups -OCH3 is 1. The van der Waals surface area contributed by atoms with E-state index in [4.69, 9.17) is 9.47 Å². The van der Waals surface area contributed by atoms with Crippen LogP contribution in [0.3, 0.4) is 0 Å². The van der Waals surface area contributed by atoms with Crippen LogP contribution in [0.25, 0.3) is 5.82 Å². The molecule has 0 unspecified atom stereocenters. The fourth-order valence-corrected chi connectivity index (χ4v) is 5.11. The van der Waals surface area contributed by atoms with E-state index < -0.39 is 10.0 Å². The molecule has 0 atom stereocenters. The van der Waals surface area contributed by atoms with Gasteiger partial charge in [-0.2, -0.15) is 10.1 Å². The Labute approximate surface area is 204 Å². The van der Waals surface area contributed by atoms with Gasteiger partial charge in [-0.25, -0.2) is 18.1 Å². The molecule has 1 N–H and O–H groups in total. The van der Waals surface area contributed by atoms with Gasteiger partial charge >= 0.3 is 0 Å². The van der Waals surface area contributed by atoms with E-state index >= 15 is 0 Å². The molecule has 0 aliphatic rings. The van der Waals surface area contributed by atoms with Crippen LogP contribution in [-0.4, -0.2) is 35.3 Å². The van der Waals surface area contributed by atoms with E-state index in [2.05, 4.69) is 19.8 Å². The third kappa shape index (κ3) is 5.12. The highest BCUT2D eigenvalue weighted by atomic mass is 32.2. The highest BCUT2D eigenvalue weighted by Gasteiger charge is 2.20. The van der Waals surface area contributed by atoms with E-state index in [0.29, 0.717) is 40.3 Å². The number of ether oxygens (including phenoxy) is 2. The molecule has 0 saturated heterocycles. The molecule has 0 aliphatic heterocycles. The minimum atomic E-state index is -3.78. The van der Waals surface area contributed by atoms with Crippen molar-refractivity contribution in [3.8, 4) is 23.2 Å². The minimum absolute atomic E-state index is 0.198. The molecule has 35 heavy (non-hydrogen) atoms. The molecule has 0 spiro atoms. The summed E-state index contributed by atoms with van der Waals surface area (Å²) >= 11 is 0. The van der Waals surface area contributed by atoms with E-state index in [1.54, 1.807) is 68.1 Å². The molecule has 0 fully saturated rings. The van der Waals surface area contributed by atoms with Gasteiger partial charge in [-0.05, 0) is 88.2 Å². The van der Waals surface area contributed by atoms with E-state index in [9.17, 15) is 8.42 Å². The highest BCUT2D eigenvalue weighted by molar-refractivity contribution is 7.92. The number of rotatable bonds is 7. The van der Waals surface area contributed by atoms with Crippen molar-refractivity contribution >= 4 is 15.7 Å². The van der Waals surface area contributed by atoms with Crippen molar-refractivity contribution in [1.29, 1.82) is 0 Å². The van der Waals surface area contributed by atoms with Gasteiger partial charge in [0.15, 0.2) is 5.82 Å². The maximum absolute atomic E-state index is 13.0. The Bertz CT molecular complexity index is 1500. The molecule has 10 heteroatoms. The standard InChI is InChI=1S/C25H27N5O4S/c1-15-13-16(2)30(28-15)24-14-25(27-19(5)26-24)34-21-9-7-20(8-10-21)29-35(31,32)23-12-11-22(33-6)17(3)18(23)4/h7-14,29H,1-6H3. The Hall–Kier alpha value is -3.92. The van der Waals surface area contributed by atoms with Crippen molar-refractivity contribution in [2.24, 2.45) is 0 Å². The Morgan fingerprint density at radius 1 is 0.886 bits per heavy atom. The number of nitrogens with zero attached hydrogens (tertiary/aromatic N) is 4. The van der Waals surface area contributed by atoms with Crippen molar-refractivity contribution in [3.05, 3.63) is 76.9 Å². The second kappa shape index (κ2) is 9.38. The summed E-state index contributed by atoms with van der Waals surface area (Å²) in [5, 5.41) is 4.46. The maximum atomic E-state index is 13.0. The molecule has 0 aliphatic carbocycles. The Morgan fingerprint density at radius 3 is 2.23 bits per heavy atom. The first-order chi connectivity index (χ1) is 16.6. The van der Waals surface area contributed by atoms with Crippen LogP contribution in [0.4, 0.5) is 5.69 Å². The molecular weight excluding hydrogens is 466 g/mol. The van der Waals surface area contributed by atoms with Crippen LogP contribution in [-0.2, 0) is 10.0 Å². The number of hydrogen-bond donors (Lipinski definition) is 1. The molecule has 182 valence electrons. The van der Waals surface area contributed by atoms with E-state index in [-0.39, 0.29) is 4.90 Å². The summed E-state index contributed by atoms with van der Waals surface area (Å²) in [4.78, 5) is 9.00. The van der Waals surface area contributed by atoms with Gasteiger partial charge in [-0.3, -0.25) is 4.72 Å². The fraction of sp³-hybridized carbons (Fsp3) is 0.240. The van der Waals surface area contributed by atoms with Crippen molar-refractivity contribution in [3.63, 3.8) is 0 Å². The Kier molecular flexibility index (Phi) is 6.49. The highest BCUT2D eigenvalue weighted by Crippen LogP contribution is 2.29. The van der Waals surface area contributed by atoms with Gasteiger partial charge in [0.05, 0.1) is 17.7 Å². The normalized spacial score (nSPS) is 11.4. The van der Waals surface area contributed by atoms with Crippen LogP contribution in [0, 0.1) is 34.6 Å². The Morgan fingerprint density at radius 2 is 1.60 bits per heavy atom. The minimum Gasteiger partial charge on any atom is -0.496 e. The molecule has 2 aromatic carbocycles. The second-order valence-electron chi connectivity index (χ2n) is 8.20. The van der Waals surface area contributed by atoms with Gasteiger partial charge in [-0.1, -0.05) is 0 Å². The first kappa shape index (κ1) is 24.2. The molecule has 0 radical (unpaired) electrons. The predicted molar refractivity (Wildman–Crippen MR) is 133 cm³/mol. The van der Waals surface area contributed by atoms with Crippen LogP contribution in [0.2, 0.25) is 0 Å². The van der Waals surface area contributed by atoms with Gasteiger partial charge in [0.1, 0.15) is 17.3 Å². The molecule has 2 aromatic heterocycles. The van der Waals surface area contributed by atoms with E-state index in [0.717, 1.165) is 17.0 Å². The smallest absolute Gasteiger partial charge is 0.262 e. The number of hydrogen-bond acceptors (Lipinski definition) is 7. The second-order valence-corrected chi connectivity index (χ2v) is 9.85. The first-order valence-electron chi connectivity index (χ1n) is 10.9. The third-order valence-electron chi connectivity index (χ3n) is 5.55. The van der Waals surface area contributed by atoms with Crippen molar-refractivity contribution in [1.82, 2.24) is 19.7 Å². The summed E-state index contributed by atoms with van der Waals surface area (Å²) in [6, 6.07) is 13.5. The lowest BCUT2D eigenvalue weighted by molar-refractivity contribution is 0.410. The lowest BCUT2D eigenvalue weighted by atomic mass is 10.1. The zero-order valence-electron chi connectivity index (χ0n) is 20.4. The topological polar surface area (TPSA) is 108 Å². The zero-order valence-corrected chi connectivity index (χ0v) is 21.3. The van der Waals surface area contributed by atoms with Gasteiger partial charge < -0.3 is 9.47 Å². The molecule has 4 aromatic rings. The van der Waals surface area contributed by atoms with Gasteiger partial charge in [-0.15, -0.1) is 0 Å². The van der Waals surface area contributed by atoms with Crippen molar-refractivity contribution < 1.29 is 17.9 Å². The summed E-state index contributed by atoms with van der Waals surface area (Å²) in [6.45, 7) is 9.24. The van der Waals surface area contributed by atoms with Gasteiger partial charge in [0.25, 0.3) is 10.0 Å². The molecular formula is C25H27N5O4S. The molecule has 0 bridgehead atoms. The summed E-state index contributed by atoms with van der Waals surface area (Å²) < 4.78 is 41.5. The predicted octanol–water partition coefficient (Wildman–Crippen LogP) is 4.81. The SMILES string of the molecule is COc1ccc(S(=O)(=O)Nc2ccc(Oc3cc(-n4nc(C)cc4C)nc(C)n3)cc2)c(C)c1C. The monoisotopic (exact) mass is 493 g/mol. The third-order valence-corrected chi connectivity index (χ3v) is 7.08. The average Bonchev–Trinajstić information content (AvgIpc) is 3.14. The molecule has 0 amide bonds. The van der Waals surface area contributed by atoms with Gasteiger partial charge in [0.2, 0.25) is 5.88 Å². The number of anilines is 1. The average molecular weight is 494 g/mol. The first-order valence-corrected chi connectivity index (χ1v) is 12.4. The summed E-state index contributed by atoms with van der Waals surface area (Å²) in [6.07, 6.45) is 0. The number of nitrogens with one attached hydrogen (secondary N) is 1. The van der Waals surface area contributed by atoms with Crippen molar-refractivity contribution in [2.45, 2.75) is 39.5 Å². The summed E-state index contributed by atoms with van der Waals surface area (Å²) in [7, 11) is -2.23. The number of benzene rings is 2. The van der Waals surface area contributed by atoms with Crippen LogP contribution in [0.5, 0.6) is 17.4 Å². The molecule has 2 heterocycles. The van der Waals surface area contributed by atoms with E-state index in [1.807, 2.05) is 26.8 Å². The number of aromatic nitrogens is 4. The van der Waals surface area contributed by atoms with Crippen LogP contribution < -0.4 is 14.2 Å². The lowest BCUT2D eigenvalue weighted by Crippen LogP contribution is -2.15. The largest absolute Gasteiger partial charge is 0.496 e. The fourth-order valence-electron chi connectivity index (χ4n) is 3.75. The zero-order chi connectivity index (χ0) is 25.3. The summed E-state index contributed by atoms with van der Waals surface area (Å²) in [5.74, 6) is 2.65. The molecule has 0 saturated carbocycles. The van der Waals surface area contributed by atoms with E-state index in [1.165, 1.54) is 0 Å². The quantitative estimate of drug-likeness (QED) is 0.394. The maximum Gasteiger partial charge on any atom is 0.262 e. The number of sulfonamides is 1. The summed E-state index contributed by atoms with van der Waals surface area (Å²) in [5.41, 5.74) is 3.66. The van der Waals surface area contributed by atoms with Crippen molar-refractivity contribution in [2.75, 3.05) is 11.8 Å². The van der Waals surface area contributed by atoms with Crippen LogP contribution >= 0.6 is 0 Å². The van der Waals surface area contributed by atoms with Crippen LogP contribution in [0.15, 0.2) is 53.4 Å².